The third-order valence-corrected chi connectivity index (χ3v) is 2.71. The minimum atomic E-state index is -1.09. The Labute approximate surface area is 122 Å². The Balaban J connectivity index is 2.79. The normalized spacial score (nSPS) is 11.3. The van der Waals surface area contributed by atoms with Gasteiger partial charge in [-0.3, -0.25) is 9.59 Å². The highest BCUT2D eigenvalue weighted by atomic mass is 16.4. The zero-order valence-corrected chi connectivity index (χ0v) is 11.8. The second-order valence-corrected chi connectivity index (χ2v) is 4.49. The van der Waals surface area contributed by atoms with Crippen LogP contribution in [0.1, 0.15) is 30.1 Å². The molecule has 112 valence electrons. The van der Waals surface area contributed by atoms with Crippen LogP contribution in [0.5, 0.6) is 0 Å². The van der Waals surface area contributed by atoms with Gasteiger partial charge in [-0.05, 0) is 31.0 Å². The Morgan fingerprint density at radius 2 is 2.10 bits per heavy atom. The summed E-state index contributed by atoms with van der Waals surface area (Å²) in [6.45, 7) is 4.89. The molecule has 0 heterocycles. The third-order valence-electron chi connectivity index (χ3n) is 2.71. The number of aliphatic carboxylic acids is 1. The van der Waals surface area contributed by atoms with Crippen molar-refractivity contribution in [1.82, 2.24) is 5.32 Å². The maximum atomic E-state index is 12.0. The number of hydrogen-bond donors (Lipinski definition) is 3. The SMILES string of the molecule is C=CCC[C@H](NC(=O)c1cccc(NC(C)=O)c1)C(=O)O. The summed E-state index contributed by atoms with van der Waals surface area (Å²) < 4.78 is 0. The molecule has 3 N–H and O–H groups in total. The van der Waals surface area contributed by atoms with Crippen LogP contribution in [0.25, 0.3) is 0 Å². The lowest BCUT2D eigenvalue weighted by molar-refractivity contribution is -0.139. The predicted octanol–water partition coefficient (Wildman–Crippen LogP) is 1.79. The molecule has 0 spiro atoms. The summed E-state index contributed by atoms with van der Waals surface area (Å²) in [4.78, 5) is 34.1. The second kappa shape index (κ2) is 7.84. The molecular weight excluding hydrogens is 272 g/mol. The van der Waals surface area contributed by atoms with Gasteiger partial charge >= 0.3 is 5.97 Å². The molecular formula is C15H18N2O4. The second-order valence-electron chi connectivity index (χ2n) is 4.49. The Morgan fingerprint density at radius 1 is 1.38 bits per heavy atom. The first-order valence-corrected chi connectivity index (χ1v) is 6.46. The number of benzene rings is 1. The van der Waals surface area contributed by atoms with Gasteiger partial charge in [-0.15, -0.1) is 6.58 Å². The van der Waals surface area contributed by atoms with Gasteiger partial charge < -0.3 is 15.7 Å². The standard InChI is InChI=1S/C15H18N2O4/c1-3-4-8-13(15(20)21)17-14(19)11-6-5-7-12(9-11)16-10(2)18/h3,5-7,9,13H,1,4,8H2,2H3,(H,16,18)(H,17,19)(H,20,21)/t13-/m0/s1. The molecule has 0 unspecified atom stereocenters. The van der Waals surface area contributed by atoms with Crippen LogP contribution in [-0.2, 0) is 9.59 Å². The van der Waals surface area contributed by atoms with Crippen molar-refractivity contribution in [2.45, 2.75) is 25.8 Å². The Hall–Kier alpha value is -2.63. The highest BCUT2D eigenvalue weighted by Gasteiger charge is 2.19. The van der Waals surface area contributed by atoms with Crippen molar-refractivity contribution >= 4 is 23.5 Å². The summed E-state index contributed by atoms with van der Waals surface area (Å²) in [6, 6.07) is 5.32. The molecule has 21 heavy (non-hydrogen) atoms. The Morgan fingerprint density at radius 3 is 2.67 bits per heavy atom. The van der Waals surface area contributed by atoms with Gasteiger partial charge in [0.2, 0.25) is 5.91 Å². The smallest absolute Gasteiger partial charge is 0.326 e. The first-order chi connectivity index (χ1) is 9.93. The number of nitrogens with one attached hydrogen (secondary N) is 2. The van der Waals surface area contributed by atoms with Gasteiger partial charge in [0.15, 0.2) is 0 Å². The molecule has 1 rings (SSSR count). The number of carbonyl (C=O) groups excluding carboxylic acids is 2. The van der Waals surface area contributed by atoms with Gasteiger partial charge in [0.1, 0.15) is 6.04 Å². The molecule has 0 fully saturated rings. The van der Waals surface area contributed by atoms with Crippen LogP contribution in [0.3, 0.4) is 0 Å². The highest BCUT2D eigenvalue weighted by Crippen LogP contribution is 2.11. The number of hydrogen-bond acceptors (Lipinski definition) is 3. The molecule has 6 heteroatoms. The van der Waals surface area contributed by atoms with Gasteiger partial charge in [0.05, 0.1) is 0 Å². The minimum Gasteiger partial charge on any atom is -0.480 e. The summed E-state index contributed by atoms with van der Waals surface area (Å²) >= 11 is 0. The quantitative estimate of drug-likeness (QED) is 0.667. The van der Waals surface area contributed by atoms with E-state index in [1.807, 2.05) is 0 Å². The van der Waals surface area contributed by atoms with E-state index < -0.39 is 17.9 Å². The van der Waals surface area contributed by atoms with E-state index in [-0.39, 0.29) is 17.9 Å². The molecule has 0 saturated heterocycles. The fourth-order valence-corrected chi connectivity index (χ4v) is 1.72. The van der Waals surface area contributed by atoms with Crippen LogP contribution in [0, 0.1) is 0 Å². The molecule has 0 bridgehead atoms. The van der Waals surface area contributed by atoms with E-state index in [2.05, 4.69) is 17.2 Å². The van der Waals surface area contributed by atoms with Crippen molar-refractivity contribution in [2.24, 2.45) is 0 Å². The van der Waals surface area contributed by atoms with E-state index in [0.29, 0.717) is 12.1 Å². The maximum absolute atomic E-state index is 12.0. The summed E-state index contributed by atoms with van der Waals surface area (Å²) in [5.41, 5.74) is 0.763. The van der Waals surface area contributed by atoms with Gasteiger partial charge in [0, 0.05) is 18.2 Å². The molecule has 2 amide bonds. The number of amides is 2. The largest absolute Gasteiger partial charge is 0.480 e. The predicted molar refractivity (Wildman–Crippen MR) is 79.1 cm³/mol. The molecule has 0 aliphatic carbocycles. The number of anilines is 1. The van der Waals surface area contributed by atoms with Gasteiger partial charge in [-0.2, -0.15) is 0 Å². The molecule has 0 radical (unpaired) electrons. The van der Waals surface area contributed by atoms with E-state index in [1.165, 1.54) is 13.0 Å². The van der Waals surface area contributed by atoms with Crippen LogP contribution < -0.4 is 10.6 Å². The average molecular weight is 290 g/mol. The number of rotatable bonds is 7. The lowest BCUT2D eigenvalue weighted by Crippen LogP contribution is -2.40. The lowest BCUT2D eigenvalue weighted by atomic mass is 10.1. The van der Waals surface area contributed by atoms with Gasteiger partial charge in [-0.25, -0.2) is 4.79 Å². The molecule has 1 atom stereocenters. The fraction of sp³-hybridized carbons (Fsp3) is 0.267. The monoisotopic (exact) mass is 290 g/mol. The molecule has 6 nitrogen and oxygen atoms in total. The zero-order valence-electron chi connectivity index (χ0n) is 11.8. The number of carboxylic acid groups (broad SMARTS) is 1. The zero-order chi connectivity index (χ0) is 15.8. The Kier molecular flexibility index (Phi) is 6.13. The average Bonchev–Trinajstić information content (AvgIpc) is 2.42. The van der Waals surface area contributed by atoms with E-state index in [1.54, 1.807) is 24.3 Å². The summed E-state index contributed by atoms with van der Waals surface area (Å²) in [6.07, 6.45) is 2.36. The van der Waals surface area contributed by atoms with Crippen LogP contribution in [-0.4, -0.2) is 28.9 Å². The van der Waals surface area contributed by atoms with Crippen molar-refractivity contribution in [3.05, 3.63) is 42.5 Å². The number of carboxylic acids is 1. The molecule has 1 aromatic rings. The maximum Gasteiger partial charge on any atom is 0.326 e. The Bertz CT molecular complexity index is 554. The van der Waals surface area contributed by atoms with E-state index >= 15 is 0 Å². The summed E-state index contributed by atoms with van der Waals surface area (Å²) in [5.74, 6) is -1.84. The van der Waals surface area contributed by atoms with E-state index in [9.17, 15) is 14.4 Å². The fourth-order valence-electron chi connectivity index (χ4n) is 1.72. The van der Waals surface area contributed by atoms with Crippen molar-refractivity contribution < 1.29 is 19.5 Å². The lowest BCUT2D eigenvalue weighted by Gasteiger charge is -2.14. The minimum absolute atomic E-state index is 0.248. The summed E-state index contributed by atoms with van der Waals surface area (Å²) in [5, 5.41) is 14.1. The van der Waals surface area contributed by atoms with Crippen LogP contribution in [0.2, 0.25) is 0 Å². The van der Waals surface area contributed by atoms with E-state index in [0.717, 1.165) is 0 Å². The molecule has 0 aliphatic heterocycles. The molecule has 0 aliphatic rings. The van der Waals surface area contributed by atoms with Crippen molar-refractivity contribution in [2.75, 3.05) is 5.32 Å². The molecule has 0 aromatic heterocycles. The summed E-state index contributed by atoms with van der Waals surface area (Å²) in [7, 11) is 0. The number of carbonyl (C=O) groups is 3. The third kappa shape index (κ3) is 5.48. The molecule has 1 aromatic carbocycles. The van der Waals surface area contributed by atoms with Crippen molar-refractivity contribution in [3.63, 3.8) is 0 Å². The molecule has 0 saturated carbocycles. The topological polar surface area (TPSA) is 95.5 Å². The van der Waals surface area contributed by atoms with Crippen LogP contribution >= 0.6 is 0 Å². The van der Waals surface area contributed by atoms with E-state index in [4.69, 9.17) is 5.11 Å². The number of allylic oxidation sites excluding steroid dienone is 1. The van der Waals surface area contributed by atoms with Gasteiger partial charge in [0.25, 0.3) is 5.91 Å². The first-order valence-electron chi connectivity index (χ1n) is 6.46. The first kappa shape index (κ1) is 16.4. The highest BCUT2D eigenvalue weighted by molar-refractivity contribution is 5.98. The van der Waals surface area contributed by atoms with Crippen LogP contribution in [0.4, 0.5) is 5.69 Å². The van der Waals surface area contributed by atoms with Crippen molar-refractivity contribution in [3.8, 4) is 0 Å². The van der Waals surface area contributed by atoms with Gasteiger partial charge in [-0.1, -0.05) is 12.1 Å². The van der Waals surface area contributed by atoms with Crippen LogP contribution in [0.15, 0.2) is 36.9 Å². The van der Waals surface area contributed by atoms with Crippen molar-refractivity contribution in [1.29, 1.82) is 0 Å².